The van der Waals surface area contributed by atoms with Gasteiger partial charge < -0.3 is 19.3 Å². The highest BCUT2D eigenvalue weighted by Crippen LogP contribution is 2.37. The molecule has 0 aliphatic carbocycles. The largest absolute Gasteiger partial charge is 0.454 e. The van der Waals surface area contributed by atoms with Gasteiger partial charge in [0.15, 0.2) is 11.5 Å². The van der Waals surface area contributed by atoms with E-state index in [9.17, 15) is 18.0 Å². The third-order valence-electron chi connectivity index (χ3n) is 6.35. The van der Waals surface area contributed by atoms with Crippen LogP contribution in [0.1, 0.15) is 12.0 Å². The van der Waals surface area contributed by atoms with Crippen molar-refractivity contribution in [1.29, 1.82) is 0 Å². The number of piperazine rings is 1. The molecule has 33 heavy (non-hydrogen) atoms. The summed E-state index contributed by atoms with van der Waals surface area (Å²) in [6, 6.07) is 12.1. The average molecular weight is 472 g/mol. The van der Waals surface area contributed by atoms with Crippen molar-refractivity contribution in [3.63, 3.8) is 0 Å². The van der Waals surface area contributed by atoms with Crippen LogP contribution < -0.4 is 14.4 Å². The molecule has 2 fully saturated rings. The smallest absolute Gasteiger partial charge is 0.243 e. The number of hydrogen-bond donors (Lipinski definition) is 0. The van der Waals surface area contributed by atoms with Crippen LogP contribution in [0.3, 0.4) is 0 Å². The van der Waals surface area contributed by atoms with Gasteiger partial charge >= 0.3 is 0 Å². The van der Waals surface area contributed by atoms with Gasteiger partial charge in [-0.1, -0.05) is 17.7 Å². The van der Waals surface area contributed by atoms with E-state index in [-0.39, 0.29) is 43.0 Å². The van der Waals surface area contributed by atoms with Gasteiger partial charge in [0.1, 0.15) is 0 Å². The van der Waals surface area contributed by atoms with E-state index < -0.39 is 15.9 Å². The molecule has 0 N–H and O–H groups in total. The quantitative estimate of drug-likeness (QED) is 0.672. The van der Waals surface area contributed by atoms with E-state index in [4.69, 9.17) is 9.47 Å². The molecule has 9 nitrogen and oxygen atoms in total. The van der Waals surface area contributed by atoms with Crippen molar-refractivity contribution in [2.75, 3.05) is 44.4 Å². The maximum atomic E-state index is 13.1. The topological polar surface area (TPSA) is 96.5 Å². The minimum absolute atomic E-state index is 0.112. The predicted molar refractivity (Wildman–Crippen MR) is 120 cm³/mol. The molecule has 174 valence electrons. The monoisotopic (exact) mass is 471 g/mol. The Hall–Kier alpha value is -3.11. The number of nitrogens with zero attached hydrogens (tertiary/aromatic N) is 3. The number of benzene rings is 2. The van der Waals surface area contributed by atoms with E-state index >= 15 is 0 Å². The maximum Gasteiger partial charge on any atom is 0.243 e. The summed E-state index contributed by atoms with van der Waals surface area (Å²) in [7, 11) is -3.59. The third-order valence-corrected chi connectivity index (χ3v) is 8.26. The number of carbonyl (C=O) groups is 2. The zero-order valence-electron chi connectivity index (χ0n) is 18.3. The molecule has 1 atom stereocenters. The molecular formula is C23H25N3O6S. The van der Waals surface area contributed by atoms with E-state index in [2.05, 4.69) is 0 Å². The van der Waals surface area contributed by atoms with Crippen molar-refractivity contribution in [3.05, 3.63) is 48.0 Å². The fraction of sp³-hybridized carbons (Fsp3) is 0.391. The molecule has 0 saturated carbocycles. The van der Waals surface area contributed by atoms with Crippen molar-refractivity contribution in [2.24, 2.45) is 5.92 Å². The number of amides is 2. The van der Waals surface area contributed by atoms with Crippen LogP contribution in [0.4, 0.5) is 5.69 Å². The summed E-state index contributed by atoms with van der Waals surface area (Å²) in [5, 5.41) is 0. The Morgan fingerprint density at radius 1 is 0.970 bits per heavy atom. The second-order valence-corrected chi connectivity index (χ2v) is 10.4. The summed E-state index contributed by atoms with van der Waals surface area (Å²) in [5.41, 5.74) is 1.67. The molecule has 5 rings (SSSR count). The first-order valence-electron chi connectivity index (χ1n) is 10.9. The molecule has 0 radical (unpaired) electrons. The van der Waals surface area contributed by atoms with E-state index in [0.717, 1.165) is 5.56 Å². The Kier molecular flexibility index (Phi) is 5.49. The number of ether oxygens (including phenoxy) is 2. The van der Waals surface area contributed by atoms with Crippen LogP contribution in [0, 0.1) is 12.8 Å². The second-order valence-electron chi connectivity index (χ2n) is 8.49. The summed E-state index contributed by atoms with van der Waals surface area (Å²) >= 11 is 0. The number of fused-ring (bicyclic) bond motifs is 1. The summed E-state index contributed by atoms with van der Waals surface area (Å²) in [4.78, 5) is 29.3. The first-order valence-corrected chi connectivity index (χ1v) is 12.3. The van der Waals surface area contributed by atoms with Crippen LogP contribution in [-0.2, 0) is 19.6 Å². The first kappa shape index (κ1) is 21.7. The predicted octanol–water partition coefficient (Wildman–Crippen LogP) is 1.61. The van der Waals surface area contributed by atoms with Crippen LogP contribution >= 0.6 is 0 Å². The van der Waals surface area contributed by atoms with Crippen LogP contribution in [0.2, 0.25) is 0 Å². The molecule has 1 unspecified atom stereocenters. The third kappa shape index (κ3) is 4.04. The average Bonchev–Trinajstić information content (AvgIpc) is 3.45. The lowest BCUT2D eigenvalue weighted by molar-refractivity contribution is -0.136. The summed E-state index contributed by atoms with van der Waals surface area (Å²) in [5.74, 6) is 0.535. The highest BCUT2D eigenvalue weighted by atomic mass is 32.2. The van der Waals surface area contributed by atoms with E-state index in [1.807, 2.05) is 6.92 Å². The molecule has 0 spiro atoms. The molecule has 0 bridgehead atoms. The van der Waals surface area contributed by atoms with Gasteiger partial charge in [0.05, 0.1) is 10.8 Å². The number of sulfonamides is 1. The number of aryl methyl sites for hydroxylation is 1. The Morgan fingerprint density at radius 2 is 1.67 bits per heavy atom. The fourth-order valence-corrected chi connectivity index (χ4v) is 5.86. The number of rotatable bonds is 4. The molecule has 2 aromatic rings. The van der Waals surface area contributed by atoms with Crippen LogP contribution in [0.25, 0.3) is 0 Å². The summed E-state index contributed by atoms with van der Waals surface area (Å²) in [6.07, 6.45) is 0.134. The Bertz CT molecular complexity index is 1190. The van der Waals surface area contributed by atoms with Gasteiger partial charge in [0, 0.05) is 50.9 Å². The molecule has 2 saturated heterocycles. The van der Waals surface area contributed by atoms with E-state index in [1.165, 1.54) is 4.31 Å². The van der Waals surface area contributed by atoms with Gasteiger partial charge in [-0.15, -0.1) is 0 Å². The number of anilines is 1. The highest BCUT2D eigenvalue weighted by Gasteiger charge is 2.39. The van der Waals surface area contributed by atoms with Crippen molar-refractivity contribution in [2.45, 2.75) is 18.2 Å². The molecule has 3 aliphatic rings. The molecule has 10 heteroatoms. The molecule has 2 amide bonds. The Morgan fingerprint density at radius 3 is 2.39 bits per heavy atom. The highest BCUT2D eigenvalue weighted by molar-refractivity contribution is 7.89. The lowest BCUT2D eigenvalue weighted by Gasteiger charge is -2.35. The maximum absolute atomic E-state index is 13.1. The van der Waals surface area contributed by atoms with Gasteiger partial charge in [0.2, 0.25) is 28.6 Å². The first-order chi connectivity index (χ1) is 15.8. The van der Waals surface area contributed by atoms with Gasteiger partial charge in [-0.05, 0) is 31.2 Å². The standard InChI is InChI=1S/C23H25N3O6S/c1-16-2-5-19(6-3-16)33(29,30)25-10-8-24(9-11-25)23(28)17-12-22(27)26(14-17)18-4-7-20-21(13-18)32-15-31-20/h2-7,13,17H,8-12,14-15H2,1H3. The van der Waals surface area contributed by atoms with Crippen LogP contribution in [0.5, 0.6) is 11.5 Å². The second kappa shape index (κ2) is 8.35. The van der Waals surface area contributed by atoms with Gasteiger partial charge in [-0.2, -0.15) is 4.31 Å². The lowest BCUT2D eigenvalue weighted by atomic mass is 10.1. The SMILES string of the molecule is Cc1ccc(S(=O)(=O)N2CCN(C(=O)C3CC(=O)N(c4ccc5c(c4)OCO5)C3)CC2)cc1. The molecule has 3 aliphatic heterocycles. The molecule has 3 heterocycles. The minimum atomic E-state index is -3.59. The van der Waals surface area contributed by atoms with Crippen LogP contribution in [-0.4, -0.2) is 69.0 Å². The Labute approximate surface area is 192 Å². The van der Waals surface area contributed by atoms with Crippen LogP contribution in [0.15, 0.2) is 47.4 Å². The summed E-state index contributed by atoms with van der Waals surface area (Å²) < 4.78 is 37.9. The van der Waals surface area contributed by atoms with Crippen molar-refractivity contribution in [1.82, 2.24) is 9.21 Å². The van der Waals surface area contributed by atoms with Crippen molar-refractivity contribution >= 4 is 27.5 Å². The summed E-state index contributed by atoms with van der Waals surface area (Å²) in [6.45, 7) is 3.42. The van der Waals surface area contributed by atoms with Gasteiger partial charge in [-0.25, -0.2) is 8.42 Å². The zero-order chi connectivity index (χ0) is 23.2. The zero-order valence-corrected chi connectivity index (χ0v) is 19.1. The molecule has 0 aromatic heterocycles. The minimum Gasteiger partial charge on any atom is -0.454 e. The van der Waals surface area contributed by atoms with E-state index in [1.54, 1.807) is 52.3 Å². The normalized spacial score (nSPS) is 21.0. The van der Waals surface area contributed by atoms with Crippen molar-refractivity contribution < 1.29 is 27.5 Å². The van der Waals surface area contributed by atoms with E-state index in [0.29, 0.717) is 36.8 Å². The molecular weight excluding hydrogens is 446 g/mol. The fourth-order valence-electron chi connectivity index (χ4n) is 4.44. The van der Waals surface area contributed by atoms with Gasteiger partial charge in [0.25, 0.3) is 0 Å². The lowest BCUT2D eigenvalue weighted by Crippen LogP contribution is -2.52. The van der Waals surface area contributed by atoms with Crippen molar-refractivity contribution in [3.8, 4) is 11.5 Å². The van der Waals surface area contributed by atoms with Gasteiger partial charge in [-0.3, -0.25) is 9.59 Å². The molecule has 2 aromatic carbocycles. The number of carbonyl (C=O) groups excluding carboxylic acids is 2. The number of hydrogen-bond acceptors (Lipinski definition) is 6. The Balaban J connectivity index is 1.21.